The lowest BCUT2D eigenvalue weighted by Crippen LogP contribution is -2.24. The molecule has 0 aliphatic carbocycles. The fourth-order valence-corrected chi connectivity index (χ4v) is 2.05. The molecule has 5 heteroatoms. The number of ether oxygens (including phenoxy) is 1. The average Bonchev–Trinajstić information content (AvgIpc) is 2.77. The molecule has 1 atom stereocenters. The predicted molar refractivity (Wildman–Crippen MR) is 81.0 cm³/mol. The van der Waals surface area contributed by atoms with Crippen molar-refractivity contribution in [1.29, 1.82) is 0 Å². The Balaban J connectivity index is 2.28. The van der Waals surface area contributed by atoms with Crippen LogP contribution in [0.25, 0.3) is 0 Å². The molecule has 5 nitrogen and oxygen atoms in total. The Morgan fingerprint density at radius 1 is 1.29 bits per heavy atom. The first-order valence-electron chi connectivity index (χ1n) is 7.42. The molecule has 0 saturated carbocycles. The standard InChI is InChI=1S/C16H26N2O3/c1-12(7-9-15(20)21-16(2,3)4)6-8-14(19)13-10-11-17-18(13)5/h10-12H,6-9H2,1-5H3. The van der Waals surface area contributed by atoms with Gasteiger partial charge in [-0.25, -0.2) is 0 Å². The molecule has 21 heavy (non-hydrogen) atoms. The van der Waals surface area contributed by atoms with Crippen molar-refractivity contribution in [3.8, 4) is 0 Å². The first-order valence-corrected chi connectivity index (χ1v) is 7.42. The van der Waals surface area contributed by atoms with E-state index in [9.17, 15) is 9.59 Å². The zero-order chi connectivity index (χ0) is 16.0. The molecule has 118 valence electrons. The van der Waals surface area contributed by atoms with Crippen LogP contribution >= 0.6 is 0 Å². The van der Waals surface area contributed by atoms with Gasteiger partial charge in [-0.3, -0.25) is 14.3 Å². The minimum absolute atomic E-state index is 0.0964. The van der Waals surface area contributed by atoms with E-state index < -0.39 is 5.60 Å². The van der Waals surface area contributed by atoms with E-state index >= 15 is 0 Å². The molecule has 0 aliphatic rings. The summed E-state index contributed by atoms with van der Waals surface area (Å²) in [6, 6.07) is 1.73. The van der Waals surface area contributed by atoms with Crippen LogP contribution in [0.1, 0.15) is 63.9 Å². The summed E-state index contributed by atoms with van der Waals surface area (Å²) < 4.78 is 6.86. The highest BCUT2D eigenvalue weighted by molar-refractivity contribution is 5.94. The van der Waals surface area contributed by atoms with Gasteiger partial charge in [0.05, 0.1) is 0 Å². The molecule has 0 amide bonds. The summed E-state index contributed by atoms with van der Waals surface area (Å²) in [5.74, 6) is 0.237. The van der Waals surface area contributed by atoms with Gasteiger partial charge in [-0.1, -0.05) is 6.92 Å². The predicted octanol–water partition coefficient (Wildman–Crippen LogP) is 3.14. The number of nitrogens with zero attached hydrogens (tertiary/aromatic N) is 2. The minimum Gasteiger partial charge on any atom is -0.460 e. The SMILES string of the molecule is CC(CCC(=O)OC(C)(C)C)CCC(=O)c1ccnn1C. The molecule has 0 N–H and O–H groups in total. The number of carbonyl (C=O) groups excluding carboxylic acids is 2. The van der Waals surface area contributed by atoms with E-state index in [-0.39, 0.29) is 11.8 Å². The van der Waals surface area contributed by atoms with Crippen molar-refractivity contribution in [1.82, 2.24) is 9.78 Å². The monoisotopic (exact) mass is 294 g/mol. The van der Waals surface area contributed by atoms with E-state index in [1.54, 1.807) is 24.0 Å². The topological polar surface area (TPSA) is 61.2 Å². The first-order chi connectivity index (χ1) is 9.69. The molecule has 1 rings (SSSR count). The van der Waals surface area contributed by atoms with Crippen molar-refractivity contribution in [2.24, 2.45) is 13.0 Å². The van der Waals surface area contributed by atoms with Crippen LogP contribution in [0.15, 0.2) is 12.3 Å². The second kappa shape index (κ2) is 7.38. The zero-order valence-electron chi connectivity index (χ0n) is 13.7. The number of carbonyl (C=O) groups is 2. The van der Waals surface area contributed by atoms with Crippen LogP contribution in [0.4, 0.5) is 0 Å². The third kappa shape index (κ3) is 6.56. The summed E-state index contributed by atoms with van der Waals surface area (Å²) in [7, 11) is 1.76. The van der Waals surface area contributed by atoms with Gasteiger partial charge in [-0.05, 0) is 45.6 Å². The molecule has 0 saturated heterocycles. The fraction of sp³-hybridized carbons (Fsp3) is 0.688. The summed E-state index contributed by atoms with van der Waals surface area (Å²) in [4.78, 5) is 23.6. The summed E-state index contributed by atoms with van der Waals surface area (Å²) in [6.45, 7) is 7.64. The molecule has 0 aliphatic heterocycles. The van der Waals surface area contributed by atoms with Crippen molar-refractivity contribution >= 4 is 11.8 Å². The maximum atomic E-state index is 12.0. The quantitative estimate of drug-likeness (QED) is 0.572. The molecular weight excluding hydrogens is 268 g/mol. The lowest BCUT2D eigenvalue weighted by molar-refractivity contribution is -0.155. The Labute approximate surface area is 126 Å². The van der Waals surface area contributed by atoms with Crippen LogP contribution < -0.4 is 0 Å². The maximum absolute atomic E-state index is 12.0. The van der Waals surface area contributed by atoms with Crippen LogP contribution in [-0.4, -0.2) is 27.1 Å². The van der Waals surface area contributed by atoms with E-state index in [1.165, 1.54) is 0 Å². The van der Waals surface area contributed by atoms with Crippen LogP contribution in [0.3, 0.4) is 0 Å². The summed E-state index contributed by atoms with van der Waals surface area (Å²) >= 11 is 0. The largest absolute Gasteiger partial charge is 0.460 e. The molecular formula is C16H26N2O3. The third-order valence-electron chi connectivity index (χ3n) is 3.23. The highest BCUT2D eigenvalue weighted by Crippen LogP contribution is 2.17. The number of ketones is 1. The van der Waals surface area contributed by atoms with Crippen molar-refractivity contribution in [2.45, 2.75) is 59.0 Å². The van der Waals surface area contributed by atoms with Gasteiger partial charge in [0.2, 0.25) is 0 Å². The van der Waals surface area contributed by atoms with Gasteiger partial charge in [0.1, 0.15) is 11.3 Å². The van der Waals surface area contributed by atoms with Crippen LogP contribution in [0.5, 0.6) is 0 Å². The first kappa shape index (κ1) is 17.4. The van der Waals surface area contributed by atoms with Crippen LogP contribution in [0, 0.1) is 5.92 Å². The summed E-state index contributed by atoms with van der Waals surface area (Å²) in [5, 5.41) is 3.99. The van der Waals surface area contributed by atoms with Gasteiger partial charge in [0.15, 0.2) is 5.78 Å². The Morgan fingerprint density at radius 2 is 1.90 bits per heavy atom. The van der Waals surface area contributed by atoms with Gasteiger partial charge in [-0.2, -0.15) is 5.10 Å². The van der Waals surface area contributed by atoms with Gasteiger partial charge in [0.25, 0.3) is 0 Å². The lowest BCUT2D eigenvalue weighted by Gasteiger charge is -2.20. The van der Waals surface area contributed by atoms with Crippen LogP contribution in [0.2, 0.25) is 0 Å². The number of aromatic nitrogens is 2. The van der Waals surface area contributed by atoms with Crippen molar-refractivity contribution in [2.75, 3.05) is 0 Å². The number of Topliss-reactive ketones (excluding diaryl/α,β-unsaturated/α-hetero) is 1. The zero-order valence-corrected chi connectivity index (χ0v) is 13.7. The molecule has 1 aromatic heterocycles. The molecule has 0 spiro atoms. The highest BCUT2D eigenvalue weighted by Gasteiger charge is 2.17. The van der Waals surface area contributed by atoms with Gasteiger partial charge in [0, 0.05) is 26.1 Å². The third-order valence-corrected chi connectivity index (χ3v) is 3.23. The highest BCUT2D eigenvalue weighted by atomic mass is 16.6. The fourth-order valence-electron chi connectivity index (χ4n) is 2.05. The Bertz CT molecular complexity index is 486. The molecule has 0 radical (unpaired) electrons. The van der Waals surface area contributed by atoms with Crippen molar-refractivity contribution in [3.05, 3.63) is 18.0 Å². The van der Waals surface area contributed by atoms with Crippen LogP contribution in [-0.2, 0) is 16.6 Å². The summed E-state index contributed by atoms with van der Waals surface area (Å²) in [6.07, 6.45) is 4.02. The van der Waals surface area contributed by atoms with Crippen molar-refractivity contribution < 1.29 is 14.3 Å². The Morgan fingerprint density at radius 3 is 2.43 bits per heavy atom. The number of hydrogen-bond acceptors (Lipinski definition) is 4. The maximum Gasteiger partial charge on any atom is 0.306 e. The van der Waals surface area contributed by atoms with Gasteiger partial charge in [-0.15, -0.1) is 0 Å². The average molecular weight is 294 g/mol. The second-order valence-corrected chi connectivity index (χ2v) is 6.53. The van der Waals surface area contributed by atoms with Gasteiger partial charge >= 0.3 is 5.97 Å². The molecule has 1 aromatic rings. The van der Waals surface area contributed by atoms with E-state index in [0.29, 0.717) is 24.5 Å². The van der Waals surface area contributed by atoms with Crippen molar-refractivity contribution in [3.63, 3.8) is 0 Å². The van der Waals surface area contributed by atoms with Gasteiger partial charge < -0.3 is 4.74 Å². The smallest absolute Gasteiger partial charge is 0.306 e. The van der Waals surface area contributed by atoms with E-state index in [2.05, 4.69) is 12.0 Å². The number of aryl methyl sites for hydroxylation is 1. The molecule has 1 unspecified atom stereocenters. The number of rotatable bonds is 7. The van der Waals surface area contributed by atoms with E-state index in [1.807, 2.05) is 20.8 Å². The number of esters is 1. The number of hydrogen-bond donors (Lipinski definition) is 0. The second-order valence-electron chi connectivity index (χ2n) is 6.53. The summed E-state index contributed by atoms with van der Waals surface area (Å²) in [5.41, 5.74) is 0.199. The molecule has 0 fully saturated rings. The minimum atomic E-state index is -0.435. The lowest BCUT2D eigenvalue weighted by atomic mass is 9.97. The van der Waals surface area contributed by atoms with E-state index in [0.717, 1.165) is 12.8 Å². The molecule has 1 heterocycles. The Kier molecular flexibility index (Phi) is 6.12. The normalized spacial score (nSPS) is 13.0. The van der Waals surface area contributed by atoms with E-state index in [4.69, 9.17) is 4.74 Å². The molecule has 0 aromatic carbocycles. The molecule has 0 bridgehead atoms. The Hall–Kier alpha value is -1.65.